The highest BCUT2D eigenvalue weighted by Gasteiger charge is 2.29. The molecule has 0 unspecified atom stereocenters. The van der Waals surface area contributed by atoms with Crippen LogP contribution in [0.5, 0.6) is 0 Å². The second-order valence-corrected chi connectivity index (χ2v) is 9.55. The molecule has 10 heteroatoms. The lowest BCUT2D eigenvalue weighted by atomic mass is 10.1. The summed E-state index contributed by atoms with van der Waals surface area (Å²) in [7, 11) is -3.82. The predicted molar refractivity (Wildman–Crippen MR) is 118 cm³/mol. The van der Waals surface area contributed by atoms with E-state index in [0.29, 0.717) is 18.7 Å². The number of hydrogen-bond donors (Lipinski definition) is 0. The largest absolute Gasteiger partial charge is 0.462 e. The summed E-state index contributed by atoms with van der Waals surface area (Å²) in [4.78, 5) is 37.5. The summed E-state index contributed by atoms with van der Waals surface area (Å²) in [5, 5.41) is 0. The van der Waals surface area contributed by atoms with Crippen LogP contribution in [0.1, 0.15) is 40.5 Å². The molecule has 1 aliphatic rings. The Hall–Kier alpha value is -3.11. The molecule has 1 aliphatic heterocycles. The molecule has 8 nitrogen and oxygen atoms in total. The van der Waals surface area contributed by atoms with Gasteiger partial charge in [-0.15, -0.1) is 0 Å². The molecule has 0 N–H and O–H groups in total. The number of piperazine rings is 1. The molecule has 3 rings (SSSR count). The molecular weight excluding hydrogens is 451 g/mol. The van der Waals surface area contributed by atoms with E-state index in [0.717, 1.165) is 0 Å². The highest BCUT2D eigenvalue weighted by Crippen LogP contribution is 2.19. The molecule has 0 atom stereocenters. The molecule has 1 fully saturated rings. The summed E-state index contributed by atoms with van der Waals surface area (Å²) in [6, 6.07) is 10.8. The Morgan fingerprint density at radius 3 is 2.27 bits per heavy atom. The molecule has 0 saturated carbocycles. The quantitative estimate of drug-likeness (QED) is 0.330. The minimum atomic E-state index is -3.82. The van der Waals surface area contributed by atoms with Crippen molar-refractivity contribution in [3.8, 4) is 0 Å². The van der Waals surface area contributed by atoms with Gasteiger partial charge in [-0.2, -0.15) is 4.31 Å². The third-order valence-electron chi connectivity index (χ3n) is 5.34. The van der Waals surface area contributed by atoms with Gasteiger partial charge < -0.3 is 9.64 Å². The maximum atomic E-state index is 12.9. The van der Waals surface area contributed by atoms with Gasteiger partial charge in [0.1, 0.15) is 5.82 Å². The number of nitrogens with zero attached hydrogens (tertiary/aromatic N) is 2. The Balaban J connectivity index is 1.54. The van der Waals surface area contributed by atoms with Crippen LogP contribution in [0.4, 0.5) is 4.39 Å². The summed E-state index contributed by atoms with van der Waals surface area (Å²) in [6.45, 7) is 2.41. The van der Waals surface area contributed by atoms with Gasteiger partial charge in [0.15, 0.2) is 5.78 Å². The number of carbonyl (C=O) groups is 3. The fraction of sp³-hybridized carbons (Fsp3) is 0.348. The molecule has 0 bridgehead atoms. The Kier molecular flexibility index (Phi) is 7.93. The second kappa shape index (κ2) is 10.7. The van der Waals surface area contributed by atoms with Gasteiger partial charge in [0.2, 0.25) is 15.9 Å². The number of carbonyl (C=O) groups excluding carboxylic acids is 3. The Bertz CT molecular complexity index is 1130. The highest BCUT2D eigenvalue weighted by atomic mass is 32.2. The number of esters is 1. The number of halogens is 1. The van der Waals surface area contributed by atoms with E-state index in [2.05, 4.69) is 0 Å². The lowest BCUT2D eigenvalue weighted by molar-refractivity contribution is -0.129. The van der Waals surface area contributed by atoms with Crippen LogP contribution in [-0.4, -0.2) is 68.1 Å². The van der Waals surface area contributed by atoms with Crippen LogP contribution in [0.15, 0.2) is 53.4 Å². The Labute approximate surface area is 192 Å². The van der Waals surface area contributed by atoms with Gasteiger partial charge in [-0.1, -0.05) is 6.07 Å². The van der Waals surface area contributed by atoms with Crippen LogP contribution in [0.25, 0.3) is 0 Å². The average Bonchev–Trinajstić information content (AvgIpc) is 2.82. The first-order chi connectivity index (χ1) is 15.7. The summed E-state index contributed by atoms with van der Waals surface area (Å²) in [6.07, 6.45) is 0.403. The SMILES string of the molecule is CC(=O)N1CCN(S(=O)(=O)c2cccc(C(=O)OCCCC(=O)c3ccc(F)cc3)c2)CC1. The van der Waals surface area contributed by atoms with Crippen LogP contribution >= 0.6 is 0 Å². The average molecular weight is 477 g/mol. The maximum absolute atomic E-state index is 12.9. The van der Waals surface area contributed by atoms with E-state index >= 15 is 0 Å². The molecule has 1 amide bonds. The van der Waals surface area contributed by atoms with Crippen molar-refractivity contribution >= 4 is 27.7 Å². The van der Waals surface area contributed by atoms with Gasteiger partial charge in [0.25, 0.3) is 0 Å². The van der Waals surface area contributed by atoms with Gasteiger partial charge in [-0.05, 0) is 48.9 Å². The number of ether oxygens (including phenoxy) is 1. The van der Waals surface area contributed by atoms with Gasteiger partial charge >= 0.3 is 5.97 Å². The molecule has 0 aliphatic carbocycles. The van der Waals surface area contributed by atoms with Crippen molar-refractivity contribution in [2.24, 2.45) is 0 Å². The number of ketones is 1. The first kappa shape index (κ1) is 24.5. The number of rotatable bonds is 8. The summed E-state index contributed by atoms with van der Waals surface area (Å²) in [5.74, 6) is -1.41. The minimum absolute atomic E-state index is 0.0181. The number of sulfonamides is 1. The van der Waals surface area contributed by atoms with Crippen LogP contribution in [0.2, 0.25) is 0 Å². The molecule has 176 valence electrons. The third kappa shape index (κ3) is 6.23. The van der Waals surface area contributed by atoms with E-state index in [-0.39, 0.29) is 54.7 Å². The van der Waals surface area contributed by atoms with E-state index in [1.807, 2.05) is 0 Å². The van der Waals surface area contributed by atoms with Crippen molar-refractivity contribution in [2.75, 3.05) is 32.8 Å². The van der Waals surface area contributed by atoms with E-state index in [1.54, 1.807) is 4.90 Å². The number of Topliss-reactive ketones (excluding diaryl/α,β-unsaturated/α-hetero) is 1. The number of benzene rings is 2. The zero-order chi connectivity index (χ0) is 24.0. The minimum Gasteiger partial charge on any atom is -0.462 e. The first-order valence-corrected chi connectivity index (χ1v) is 11.9. The van der Waals surface area contributed by atoms with Crippen molar-refractivity contribution < 1.29 is 31.9 Å². The van der Waals surface area contributed by atoms with Gasteiger partial charge in [-0.3, -0.25) is 9.59 Å². The zero-order valence-electron chi connectivity index (χ0n) is 18.2. The molecule has 2 aromatic rings. The lowest BCUT2D eigenvalue weighted by Crippen LogP contribution is -2.49. The number of hydrogen-bond acceptors (Lipinski definition) is 6. The van der Waals surface area contributed by atoms with Crippen molar-refractivity contribution in [2.45, 2.75) is 24.7 Å². The van der Waals surface area contributed by atoms with Crippen LogP contribution in [-0.2, 0) is 19.6 Å². The topological polar surface area (TPSA) is 101 Å². The normalized spacial score (nSPS) is 14.7. The first-order valence-electron chi connectivity index (χ1n) is 10.5. The molecule has 0 aromatic heterocycles. The van der Waals surface area contributed by atoms with E-state index in [9.17, 15) is 27.2 Å². The smallest absolute Gasteiger partial charge is 0.338 e. The summed E-state index contributed by atoms with van der Waals surface area (Å²) < 4.78 is 45.3. The van der Waals surface area contributed by atoms with Crippen molar-refractivity contribution in [1.29, 1.82) is 0 Å². The van der Waals surface area contributed by atoms with Gasteiger partial charge in [-0.25, -0.2) is 17.6 Å². The Morgan fingerprint density at radius 1 is 0.970 bits per heavy atom. The van der Waals surface area contributed by atoms with Crippen molar-refractivity contribution in [3.63, 3.8) is 0 Å². The Morgan fingerprint density at radius 2 is 1.64 bits per heavy atom. The molecule has 0 radical (unpaired) electrons. The van der Waals surface area contributed by atoms with E-state index < -0.39 is 21.8 Å². The van der Waals surface area contributed by atoms with Crippen molar-refractivity contribution in [1.82, 2.24) is 9.21 Å². The zero-order valence-corrected chi connectivity index (χ0v) is 19.0. The molecule has 2 aromatic carbocycles. The molecule has 1 heterocycles. The highest BCUT2D eigenvalue weighted by molar-refractivity contribution is 7.89. The van der Waals surface area contributed by atoms with Gasteiger partial charge in [0.05, 0.1) is 17.1 Å². The fourth-order valence-corrected chi connectivity index (χ4v) is 4.91. The molecule has 0 spiro atoms. The second-order valence-electron chi connectivity index (χ2n) is 7.61. The standard InChI is InChI=1S/C23H25FN2O6S/c1-17(27)25-11-13-26(14-12-25)33(30,31)21-5-2-4-19(16-21)23(29)32-15-3-6-22(28)18-7-9-20(24)10-8-18/h2,4-5,7-10,16H,3,6,11-15H2,1H3. The predicted octanol–water partition coefficient (Wildman–Crippen LogP) is 2.50. The van der Waals surface area contributed by atoms with E-state index in [4.69, 9.17) is 4.74 Å². The summed E-state index contributed by atoms with van der Waals surface area (Å²) in [5.41, 5.74) is 0.466. The lowest BCUT2D eigenvalue weighted by Gasteiger charge is -2.33. The van der Waals surface area contributed by atoms with Crippen LogP contribution in [0, 0.1) is 5.82 Å². The van der Waals surface area contributed by atoms with E-state index in [1.165, 1.54) is 59.8 Å². The molecule has 1 saturated heterocycles. The monoisotopic (exact) mass is 476 g/mol. The number of amides is 1. The van der Waals surface area contributed by atoms with Crippen molar-refractivity contribution in [3.05, 3.63) is 65.5 Å². The maximum Gasteiger partial charge on any atom is 0.338 e. The third-order valence-corrected chi connectivity index (χ3v) is 7.23. The van der Waals surface area contributed by atoms with Crippen LogP contribution in [0.3, 0.4) is 0 Å². The van der Waals surface area contributed by atoms with Crippen LogP contribution < -0.4 is 0 Å². The van der Waals surface area contributed by atoms with Gasteiger partial charge in [0, 0.05) is 45.1 Å². The molecular formula is C23H25FN2O6S. The molecule has 33 heavy (non-hydrogen) atoms. The summed E-state index contributed by atoms with van der Waals surface area (Å²) >= 11 is 0. The fourth-order valence-electron chi connectivity index (χ4n) is 3.44.